The maximum Gasteiger partial charge on any atom is 0.248 e. The van der Waals surface area contributed by atoms with E-state index in [2.05, 4.69) is 20.6 Å². The second kappa shape index (κ2) is 5.67. The van der Waals surface area contributed by atoms with E-state index >= 15 is 0 Å². The van der Waals surface area contributed by atoms with Crippen LogP contribution in [-0.4, -0.2) is 25.8 Å². The Kier molecular flexibility index (Phi) is 3.72. The summed E-state index contributed by atoms with van der Waals surface area (Å²) in [5.74, 6) is 1.67. The Balaban J connectivity index is 1.48. The van der Waals surface area contributed by atoms with Gasteiger partial charge in [-0.1, -0.05) is 5.16 Å². The number of nitrogens with one attached hydrogen (secondary N) is 1. The number of carbonyl (C=O) groups is 1. The zero-order valence-corrected chi connectivity index (χ0v) is 12.2. The van der Waals surface area contributed by atoms with Crippen LogP contribution in [0.4, 0.5) is 0 Å². The van der Waals surface area contributed by atoms with Gasteiger partial charge in [-0.25, -0.2) is 0 Å². The standard InChI is InChI=1S/C14H19N5O2/c1-9(14-17-13(18-21-14)11-4-5-11)16-12(20)6-3-10-7-15-19(2)8-10/h7-9,11H,3-6H2,1-2H3,(H,16,20). The molecule has 112 valence electrons. The maximum absolute atomic E-state index is 11.9. The number of hydrogen-bond donors (Lipinski definition) is 1. The van der Waals surface area contributed by atoms with Crippen LogP contribution in [0.5, 0.6) is 0 Å². The summed E-state index contributed by atoms with van der Waals surface area (Å²) in [5, 5.41) is 10.9. The number of aromatic nitrogens is 4. The number of amides is 1. The van der Waals surface area contributed by atoms with Gasteiger partial charge in [0.25, 0.3) is 0 Å². The molecule has 1 saturated carbocycles. The number of hydrogen-bond acceptors (Lipinski definition) is 5. The van der Waals surface area contributed by atoms with Crippen molar-refractivity contribution in [3.05, 3.63) is 29.7 Å². The first-order valence-electron chi connectivity index (χ1n) is 7.22. The van der Waals surface area contributed by atoms with E-state index in [1.165, 1.54) is 0 Å². The molecule has 1 amide bonds. The average molecular weight is 289 g/mol. The van der Waals surface area contributed by atoms with Crippen LogP contribution in [0.3, 0.4) is 0 Å². The van der Waals surface area contributed by atoms with E-state index in [1.807, 2.05) is 20.2 Å². The van der Waals surface area contributed by atoms with Crippen molar-refractivity contribution in [3.63, 3.8) is 0 Å². The monoisotopic (exact) mass is 289 g/mol. The molecule has 0 radical (unpaired) electrons. The summed E-state index contributed by atoms with van der Waals surface area (Å²) in [7, 11) is 1.86. The summed E-state index contributed by atoms with van der Waals surface area (Å²) < 4.78 is 6.94. The van der Waals surface area contributed by atoms with Gasteiger partial charge >= 0.3 is 0 Å². The first kappa shape index (κ1) is 13.8. The molecule has 1 atom stereocenters. The molecule has 1 aliphatic rings. The Hall–Kier alpha value is -2.18. The fourth-order valence-electron chi connectivity index (χ4n) is 2.16. The Morgan fingerprint density at radius 1 is 1.57 bits per heavy atom. The summed E-state index contributed by atoms with van der Waals surface area (Å²) in [5.41, 5.74) is 1.05. The smallest absolute Gasteiger partial charge is 0.248 e. The summed E-state index contributed by atoms with van der Waals surface area (Å²) in [6.07, 6.45) is 7.03. The zero-order chi connectivity index (χ0) is 14.8. The van der Waals surface area contributed by atoms with Crippen molar-refractivity contribution < 1.29 is 9.32 Å². The molecule has 3 rings (SSSR count). The van der Waals surface area contributed by atoms with Gasteiger partial charge in [-0.3, -0.25) is 9.48 Å². The van der Waals surface area contributed by atoms with Gasteiger partial charge in [0.1, 0.15) is 6.04 Å². The van der Waals surface area contributed by atoms with Crippen LogP contribution in [0.25, 0.3) is 0 Å². The quantitative estimate of drug-likeness (QED) is 0.870. The molecule has 0 aliphatic heterocycles. The van der Waals surface area contributed by atoms with Crippen LogP contribution in [0.1, 0.15) is 55.4 Å². The van der Waals surface area contributed by atoms with Crippen molar-refractivity contribution in [1.82, 2.24) is 25.2 Å². The Morgan fingerprint density at radius 2 is 2.38 bits per heavy atom. The summed E-state index contributed by atoms with van der Waals surface area (Å²) in [6.45, 7) is 1.85. The normalized spacial score (nSPS) is 15.9. The van der Waals surface area contributed by atoms with Crippen molar-refractivity contribution in [1.29, 1.82) is 0 Å². The van der Waals surface area contributed by atoms with Gasteiger partial charge in [0.15, 0.2) is 5.82 Å². The van der Waals surface area contributed by atoms with Crippen molar-refractivity contribution >= 4 is 5.91 Å². The molecule has 1 N–H and O–H groups in total. The largest absolute Gasteiger partial charge is 0.345 e. The molecule has 1 aliphatic carbocycles. The molecular formula is C14H19N5O2. The molecule has 2 aromatic rings. The number of nitrogens with zero attached hydrogens (tertiary/aromatic N) is 4. The molecule has 0 aromatic carbocycles. The highest BCUT2D eigenvalue weighted by molar-refractivity contribution is 5.76. The minimum atomic E-state index is -0.258. The first-order chi connectivity index (χ1) is 10.1. The van der Waals surface area contributed by atoms with Crippen molar-refractivity contribution in [2.45, 2.75) is 44.6 Å². The summed E-state index contributed by atoms with van der Waals surface area (Å²) in [4.78, 5) is 16.3. The third-order valence-electron chi connectivity index (χ3n) is 3.55. The first-order valence-corrected chi connectivity index (χ1v) is 7.22. The maximum atomic E-state index is 11.9. The van der Waals surface area contributed by atoms with Gasteiger partial charge in [-0.15, -0.1) is 0 Å². The molecule has 1 unspecified atom stereocenters. The van der Waals surface area contributed by atoms with Gasteiger partial charge in [0.05, 0.1) is 6.20 Å². The minimum absolute atomic E-state index is 0.0301. The van der Waals surface area contributed by atoms with E-state index in [-0.39, 0.29) is 11.9 Å². The number of rotatable bonds is 6. The number of aryl methyl sites for hydroxylation is 2. The van der Waals surface area contributed by atoms with E-state index in [1.54, 1.807) is 10.9 Å². The second-order valence-electron chi connectivity index (χ2n) is 5.58. The molecule has 1 fully saturated rings. The van der Waals surface area contributed by atoms with E-state index in [9.17, 15) is 4.79 Å². The van der Waals surface area contributed by atoms with Gasteiger partial charge < -0.3 is 9.84 Å². The lowest BCUT2D eigenvalue weighted by Crippen LogP contribution is -2.27. The van der Waals surface area contributed by atoms with Crippen LogP contribution in [-0.2, 0) is 18.3 Å². The van der Waals surface area contributed by atoms with E-state index in [0.717, 1.165) is 24.2 Å². The van der Waals surface area contributed by atoms with Crippen molar-refractivity contribution in [2.75, 3.05) is 0 Å². The molecule has 0 spiro atoms. The highest BCUT2D eigenvalue weighted by atomic mass is 16.5. The third kappa shape index (κ3) is 3.48. The van der Waals surface area contributed by atoms with Gasteiger partial charge in [-0.2, -0.15) is 10.1 Å². The van der Waals surface area contributed by atoms with E-state index in [4.69, 9.17) is 4.52 Å². The van der Waals surface area contributed by atoms with Crippen LogP contribution >= 0.6 is 0 Å². The molecule has 0 bridgehead atoms. The lowest BCUT2D eigenvalue weighted by Gasteiger charge is -2.09. The molecular weight excluding hydrogens is 270 g/mol. The van der Waals surface area contributed by atoms with Crippen LogP contribution < -0.4 is 5.32 Å². The average Bonchev–Trinajstić information content (AvgIpc) is 3.03. The lowest BCUT2D eigenvalue weighted by molar-refractivity contribution is -0.121. The van der Waals surface area contributed by atoms with Crippen molar-refractivity contribution in [3.8, 4) is 0 Å². The Morgan fingerprint density at radius 3 is 3.05 bits per heavy atom. The topological polar surface area (TPSA) is 85.8 Å². The summed E-state index contributed by atoms with van der Waals surface area (Å²) >= 11 is 0. The predicted octanol–water partition coefficient (Wildman–Crippen LogP) is 1.49. The Bertz CT molecular complexity index is 629. The highest BCUT2D eigenvalue weighted by Crippen LogP contribution is 2.38. The van der Waals surface area contributed by atoms with E-state index in [0.29, 0.717) is 24.7 Å². The molecule has 7 nitrogen and oxygen atoms in total. The van der Waals surface area contributed by atoms with Crippen molar-refractivity contribution in [2.24, 2.45) is 7.05 Å². The molecule has 21 heavy (non-hydrogen) atoms. The third-order valence-corrected chi connectivity index (χ3v) is 3.55. The fourth-order valence-corrected chi connectivity index (χ4v) is 2.16. The minimum Gasteiger partial charge on any atom is -0.345 e. The van der Waals surface area contributed by atoms with Crippen LogP contribution in [0.15, 0.2) is 16.9 Å². The lowest BCUT2D eigenvalue weighted by atomic mass is 10.2. The summed E-state index contributed by atoms with van der Waals surface area (Å²) in [6, 6.07) is -0.258. The predicted molar refractivity (Wildman–Crippen MR) is 74.4 cm³/mol. The van der Waals surface area contributed by atoms with Crippen LogP contribution in [0.2, 0.25) is 0 Å². The highest BCUT2D eigenvalue weighted by Gasteiger charge is 2.29. The number of carbonyl (C=O) groups excluding carboxylic acids is 1. The second-order valence-corrected chi connectivity index (χ2v) is 5.58. The fraction of sp³-hybridized carbons (Fsp3) is 0.571. The molecule has 0 saturated heterocycles. The SMILES string of the molecule is CC(NC(=O)CCc1cnn(C)c1)c1nc(C2CC2)no1. The van der Waals surface area contributed by atoms with E-state index < -0.39 is 0 Å². The van der Waals surface area contributed by atoms with Gasteiger partial charge in [0, 0.05) is 25.6 Å². The van der Waals surface area contributed by atoms with Gasteiger partial charge in [0.2, 0.25) is 11.8 Å². The van der Waals surface area contributed by atoms with Gasteiger partial charge in [-0.05, 0) is 31.7 Å². The van der Waals surface area contributed by atoms with Crippen LogP contribution in [0, 0.1) is 0 Å². The molecule has 2 aromatic heterocycles. The Labute approximate surface area is 122 Å². The zero-order valence-electron chi connectivity index (χ0n) is 12.2. The molecule has 2 heterocycles. The molecule has 7 heteroatoms.